The molecule has 4 atom stereocenters. The van der Waals surface area contributed by atoms with Crippen LogP contribution in [0.15, 0.2) is 0 Å². The zero-order chi connectivity index (χ0) is 8.55. The lowest BCUT2D eigenvalue weighted by molar-refractivity contribution is -0.114. The van der Waals surface area contributed by atoms with Crippen LogP contribution in [-0.4, -0.2) is 38.0 Å². The molecule has 4 heteroatoms. The van der Waals surface area contributed by atoms with Gasteiger partial charge in [-0.05, 0) is 0 Å². The van der Waals surface area contributed by atoms with Crippen molar-refractivity contribution in [3.63, 3.8) is 0 Å². The summed E-state index contributed by atoms with van der Waals surface area (Å²) in [6.45, 7) is 0.784. The molecule has 0 radical (unpaired) electrons. The van der Waals surface area contributed by atoms with E-state index in [0.717, 1.165) is 12.6 Å². The Hall–Kier alpha value is -0.740. The second kappa shape index (κ2) is 2.95. The quantitative estimate of drug-likeness (QED) is 0.520. The molecule has 4 nitrogen and oxygen atoms in total. The Kier molecular flexibility index (Phi) is 1.94. The van der Waals surface area contributed by atoms with Gasteiger partial charge >= 0.3 is 0 Å². The standard InChI is InChI=1S/C8H10O4/c9-1-5-3-11-8-6(2-10)4-12-7(5)8/h1-2,5-8H,3-4H2/t5-,6-,7-,8?/m1/s1. The number of fused-ring (bicyclic) bond motifs is 1. The molecule has 0 amide bonds. The molecular weight excluding hydrogens is 160 g/mol. The van der Waals surface area contributed by atoms with Gasteiger partial charge in [-0.15, -0.1) is 0 Å². The normalized spacial score (nSPS) is 45.7. The summed E-state index contributed by atoms with van der Waals surface area (Å²) in [5, 5.41) is 0. The first-order chi connectivity index (χ1) is 5.86. The van der Waals surface area contributed by atoms with E-state index in [9.17, 15) is 9.59 Å². The first-order valence-electron chi connectivity index (χ1n) is 4.00. The molecule has 2 fully saturated rings. The highest BCUT2D eigenvalue weighted by Gasteiger charge is 2.47. The molecule has 66 valence electrons. The largest absolute Gasteiger partial charge is 0.374 e. The molecule has 2 saturated heterocycles. The summed E-state index contributed by atoms with van der Waals surface area (Å²) in [5.74, 6) is -0.361. The van der Waals surface area contributed by atoms with E-state index in [0.29, 0.717) is 13.2 Å². The van der Waals surface area contributed by atoms with Gasteiger partial charge in [-0.3, -0.25) is 0 Å². The number of rotatable bonds is 2. The molecule has 12 heavy (non-hydrogen) atoms. The summed E-state index contributed by atoms with van der Waals surface area (Å²) >= 11 is 0. The van der Waals surface area contributed by atoms with Crippen molar-refractivity contribution in [2.45, 2.75) is 12.2 Å². The summed E-state index contributed by atoms with van der Waals surface area (Å²) in [7, 11) is 0. The van der Waals surface area contributed by atoms with Crippen LogP contribution in [0.3, 0.4) is 0 Å². The number of aldehydes is 2. The predicted octanol–water partition coefficient (Wildman–Crippen LogP) is -0.586. The molecule has 0 saturated carbocycles. The molecule has 1 unspecified atom stereocenters. The van der Waals surface area contributed by atoms with Crippen LogP contribution in [0.25, 0.3) is 0 Å². The van der Waals surface area contributed by atoms with E-state index < -0.39 is 0 Å². The molecule has 0 aliphatic carbocycles. The molecule has 0 aromatic rings. The van der Waals surface area contributed by atoms with Gasteiger partial charge in [-0.25, -0.2) is 0 Å². The molecule has 0 bridgehead atoms. The smallest absolute Gasteiger partial charge is 0.128 e. The van der Waals surface area contributed by atoms with Crippen molar-refractivity contribution >= 4 is 12.6 Å². The van der Waals surface area contributed by atoms with Gasteiger partial charge in [-0.1, -0.05) is 0 Å². The fraction of sp³-hybridized carbons (Fsp3) is 0.750. The van der Waals surface area contributed by atoms with E-state index >= 15 is 0 Å². The molecule has 0 spiro atoms. The van der Waals surface area contributed by atoms with Crippen LogP contribution in [0, 0.1) is 11.8 Å². The first kappa shape index (κ1) is 7.89. The van der Waals surface area contributed by atoms with Gasteiger partial charge in [-0.2, -0.15) is 0 Å². The van der Waals surface area contributed by atoms with E-state index in [1.807, 2.05) is 0 Å². The predicted molar refractivity (Wildman–Crippen MR) is 38.6 cm³/mol. The minimum atomic E-state index is -0.183. The molecular formula is C8H10O4. The summed E-state index contributed by atoms with van der Waals surface area (Å²) in [6.07, 6.45) is 1.32. The van der Waals surface area contributed by atoms with Crippen molar-refractivity contribution in [2.75, 3.05) is 13.2 Å². The second-order valence-corrected chi connectivity index (χ2v) is 3.20. The number of ether oxygens (including phenoxy) is 2. The van der Waals surface area contributed by atoms with Gasteiger partial charge in [0.05, 0.1) is 37.3 Å². The van der Waals surface area contributed by atoms with Crippen molar-refractivity contribution in [3.05, 3.63) is 0 Å². The number of hydrogen-bond donors (Lipinski definition) is 0. The van der Waals surface area contributed by atoms with Crippen LogP contribution in [0.5, 0.6) is 0 Å². The van der Waals surface area contributed by atoms with E-state index in [-0.39, 0.29) is 24.0 Å². The number of hydrogen-bond acceptors (Lipinski definition) is 4. The fourth-order valence-electron chi connectivity index (χ4n) is 1.79. The Morgan fingerprint density at radius 2 is 1.33 bits per heavy atom. The Bertz CT molecular complexity index is 181. The highest BCUT2D eigenvalue weighted by Crippen LogP contribution is 2.32. The van der Waals surface area contributed by atoms with Crippen LogP contribution < -0.4 is 0 Å². The highest BCUT2D eigenvalue weighted by molar-refractivity contribution is 5.59. The maximum atomic E-state index is 10.5. The lowest BCUT2D eigenvalue weighted by Gasteiger charge is -2.09. The average Bonchev–Trinajstić information content (AvgIpc) is 2.62. The van der Waals surface area contributed by atoms with Gasteiger partial charge < -0.3 is 19.1 Å². The zero-order valence-electron chi connectivity index (χ0n) is 6.51. The molecule has 0 aromatic carbocycles. The van der Waals surface area contributed by atoms with Crippen molar-refractivity contribution in [1.82, 2.24) is 0 Å². The molecule has 2 aliphatic heterocycles. The van der Waals surface area contributed by atoms with Crippen molar-refractivity contribution in [3.8, 4) is 0 Å². The van der Waals surface area contributed by atoms with Crippen molar-refractivity contribution in [1.29, 1.82) is 0 Å². The van der Waals surface area contributed by atoms with Gasteiger partial charge in [0.15, 0.2) is 0 Å². The molecule has 0 aromatic heterocycles. The van der Waals surface area contributed by atoms with Gasteiger partial charge in [0.25, 0.3) is 0 Å². The lowest BCUT2D eigenvalue weighted by Crippen LogP contribution is -2.27. The average molecular weight is 170 g/mol. The van der Waals surface area contributed by atoms with E-state index in [1.165, 1.54) is 0 Å². The molecule has 2 rings (SSSR count). The van der Waals surface area contributed by atoms with E-state index in [1.54, 1.807) is 0 Å². The van der Waals surface area contributed by atoms with Crippen LogP contribution in [0.2, 0.25) is 0 Å². The van der Waals surface area contributed by atoms with Crippen LogP contribution in [-0.2, 0) is 19.1 Å². The lowest BCUT2D eigenvalue weighted by atomic mass is 9.98. The Morgan fingerprint density at radius 3 is 1.67 bits per heavy atom. The minimum absolute atomic E-state index is 0.181. The topological polar surface area (TPSA) is 52.6 Å². The second-order valence-electron chi connectivity index (χ2n) is 3.20. The van der Waals surface area contributed by atoms with Gasteiger partial charge in [0, 0.05) is 0 Å². The van der Waals surface area contributed by atoms with Gasteiger partial charge in [0.1, 0.15) is 12.6 Å². The van der Waals surface area contributed by atoms with Crippen molar-refractivity contribution in [2.24, 2.45) is 11.8 Å². The number of carbonyl (C=O) groups excluding carboxylic acids is 2. The first-order valence-corrected chi connectivity index (χ1v) is 4.00. The van der Waals surface area contributed by atoms with E-state index in [2.05, 4.69) is 0 Å². The Morgan fingerprint density at radius 1 is 0.917 bits per heavy atom. The highest BCUT2D eigenvalue weighted by atomic mass is 16.6. The zero-order valence-corrected chi connectivity index (χ0v) is 6.51. The molecule has 2 heterocycles. The maximum absolute atomic E-state index is 10.5. The summed E-state index contributed by atoms with van der Waals surface area (Å²) in [5.41, 5.74) is 0. The van der Waals surface area contributed by atoms with Crippen LogP contribution in [0.4, 0.5) is 0 Å². The summed E-state index contributed by atoms with van der Waals surface area (Å²) in [4.78, 5) is 21.0. The molecule has 2 aliphatic rings. The van der Waals surface area contributed by atoms with Gasteiger partial charge in [0.2, 0.25) is 0 Å². The van der Waals surface area contributed by atoms with Crippen molar-refractivity contribution < 1.29 is 19.1 Å². The Labute approximate surface area is 69.8 Å². The third-order valence-electron chi connectivity index (χ3n) is 2.48. The van der Waals surface area contributed by atoms with Crippen LogP contribution >= 0.6 is 0 Å². The SMILES string of the molecule is O=C[C@@H]1CO[C@H]2C1OC[C@H]2C=O. The number of carbonyl (C=O) groups is 2. The fourth-order valence-corrected chi connectivity index (χ4v) is 1.79. The monoisotopic (exact) mass is 170 g/mol. The molecule has 0 N–H and O–H groups in total. The maximum Gasteiger partial charge on any atom is 0.128 e. The summed E-state index contributed by atoms with van der Waals surface area (Å²) < 4.78 is 10.6. The Balaban J connectivity index is 2.10. The third kappa shape index (κ3) is 0.990. The minimum Gasteiger partial charge on any atom is -0.374 e. The van der Waals surface area contributed by atoms with Crippen LogP contribution in [0.1, 0.15) is 0 Å². The summed E-state index contributed by atoms with van der Waals surface area (Å²) in [6, 6.07) is 0. The van der Waals surface area contributed by atoms with E-state index in [4.69, 9.17) is 9.47 Å². The third-order valence-corrected chi connectivity index (χ3v) is 2.48.